The molecule has 1 aromatic rings. The Morgan fingerprint density at radius 3 is 2.32 bits per heavy atom. The van der Waals surface area contributed by atoms with Crippen LogP contribution in [-0.2, 0) is 0 Å². The van der Waals surface area contributed by atoms with Gasteiger partial charge in [0.2, 0.25) is 0 Å². The van der Waals surface area contributed by atoms with Gasteiger partial charge in [-0.1, -0.05) is 30.3 Å². The normalized spacial score (nSPS) is 24.4. The zero-order valence-electron chi connectivity index (χ0n) is 12.5. The SMILES string of the molecule is CSC(C)(C)CNC1CCC(c2ccccc2)CC1. The van der Waals surface area contributed by atoms with Gasteiger partial charge in [-0.05, 0) is 57.3 Å². The lowest BCUT2D eigenvalue weighted by atomic mass is 9.81. The predicted octanol–water partition coefficient (Wildman–Crippen LogP) is 4.44. The van der Waals surface area contributed by atoms with Crippen LogP contribution in [0.5, 0.6) is 0 Å². The van der Waals surface area contributed by atoms with E-state index in [2.05, 4.69) is 55.8 Å². The van der Waals surface area contributed by atoms with Gasteiger partial charge in [0.1, 0.15) is 0 Å². The van der Waals surface area contributed by atoms with Gasteiger partial charge in [-0.15, -0.1) is 0 Å². The molecule has 1 aliphatic rings. The molecule has 1 fully saturated rings. The van der Waals surface area contributed by atoms with Crippen LogP contribution in [-0.4, -0.2) is 23.6 Å². The van der Waals surface area contributed by atoms with Crippen molar-refractivity contribution in [3.8, 4) is 0 Å². The lowest BCUT2D eigenvalue weighted by Crippen LogP contribution is -2.40. The van der Waals surface area contributed by atoms with Gasteiger partial charge >= 0.3 is 0 Å². The van der Waals surface area contributed by atoms with Crippen LogP contribution in [0, 0.1) is 0 Å². The molecule has 0 amide bonds. The number of hydrogen-bond donors (Lipinski definition) is 1. The molecule has 2 rings (SSSR count). The third-order valence-electron chi connectivity index (χ3n) is 4.37. The predicted molar refractivity (Wildman–Crippen MR) is 87.0 cm³/mol. The summed E-state index contributed by atoms with van der Waals surface area (Å²) >= 11 is 1.95. The standard InChI is InChI=1S/C17H27NS/c1-17(2,19-3)13-18-16-11-9-15(10-12-16)14-7-5-4-6-8-14/h4-8,15-16,18H,9-13H2,1-3H3. The summed E-state index contributed by atoms with van der Waals surface area (Å²) in [5, 5.41) is 3.76. The van der Waals surface area contributed by atoms with Gasteiger partial charge in [0.15, 0.2) is 0 Å². The van der Waals surface area contributed by atoms with Gasteiger partial charge in [0, 0.05) is 17.3 Å². The molecule has 0 spiro atoms. The second-order valence-corrected chi connectivity index (χ2v) is 7.82. The largest absolute Gasteiger partial charge is 0.313 e. The Morgan fingerprint density at radius 2 is 1.74 bits per heavy atom. The zero-order chi connectivity index (χ0) is 13.7. The van der Waals surface area contributed by atoms with E-state index in [1.807, 2.05) is 11.8 Å². The summed E-state index contributed by atoms with van der Waals surface area (Å²) in [7, 11) is 0. The van der Waals surface area contributed by atoms with E-state index in [9.17, 15) is 0 Å². The molecule has 1 N–H and O–H groups in total. The van der Waals surface area contributed by atoms with Crippen molar-refractivity contribution in [2.75, 3.05) is 12.8 Å². The molecule has 1 aromatic carbocycles. The molecule has 0 aromatic heterocycles. The summed E-state index contributed by atoms with van der Waals surface area (Å²) in [4.78, 5) is 0. The molecule has 106 valence electrons. The van der Waals surface area contributed by atoms with Crippen LogP contribution >= 0.6 is 11.8 Å². The molecule has 2 heteroatoms. The van der Waals surface area contributed by atoms with Crippen molar-refractivity contribution in [3.05, 3.63) is 35.9 Å². The molecule has 1 aliphatic carbocycles. The van der Waals surface area contributed by atoms with E-state index < -0.39 is 0 Å². The third-order valence-corrected chi connectivity index (χ3v) is 5.62. The molecule has 0 radical (unpaired) electrons. The zero-order valence-corrected chi connectivity index (χ0v) is 13.3. The lowest BCUT2D eigenvalue weighted by Gasteiger charge is -2.32. The van der Waals surface area contributed by atoms with Crippen molar-refractivity contribution < 1.29 is 0 Å². The van der Waals surface area contributed by atoms with E-state index in [1.165, 1.54) is 31.2 Å². The second-order valence-electron chi connectivity index (χ2n) is 6.30. The van der Waals surface area contributed by atoms with Crippen LogP contribution in [0.25, 0.3) is 0 Å². The van der Waals surface area contributed by atoms with Crippen LogP contribution in [0.2, 0.25) is 0 Å². The molecule has 0 heterocycles. The Labute approximate surface area is 122 Å². The number of benzene rings is 1. The first-order valence-corrected chi connectivity index (χ1v) is 8.67. The van der Waals surface area contributed by atoms with Gasteiger partial charge in [-0.25, -0.2) is 0 Å². The fourth-order valence-corrected chi connectivity index (χ4v) is 3.05. The highest BCUT2D eigenvalue weighted by molar-refractivity contribution is 7.99. The fourth-order valence-electron chi connectivity index (χ4n) is 2.82. The summed E-state index contributed by atoms with van der Waals surface area (Å²) in [6.45, 7) is 5.76. The van der Waals surface area contributed by atoms with Crippen molar-refractivity contribution in [3.63, 3.8) is 0 Å². The van der Waals surface area contributed by atoms with Crippen molar-refractivity contribution in [1.29, 1.82) is 0 Å². The molecule has 19 heavy (non-hydrogen) atoms. The van der Waals surface area contributed by atoms with Crippen molar-refractivity contribution in [2.45, 2.75) is 56.2 Å². The number of thioether (sulfide) groups is 1. The van der Waals surface area contributed by atoms with Crippen molar-refractivity contribution >= 4 is 11.8 Å². The first-order valence-electron chi connectivity index (χ1n) is 7.44. The first-order chi connectivity index (χ1) is 9.11. The monoisotopic (exact) mass is 277 g/mol. The van der Waals surface area contributed by atoms with E-state index in [4.69, 9.17) is 0 Å². The summed E-state index contributed by atoms with van der Waals surface area (Å²) in [6.07, 6.45) is 7.52. The number of rotatable bonds is 5. The van der Waals surface area contributed by atoms with Gasteiger partial charge < -0.3 is 5.32 Å². The van der Waals surface area contributed by atoms with Gasteiger partial charge in [-0.2, -0.15) is 11.8 Å². The fraction of sp³-hybridized carbons (Fsp3) is 0.647. The molecular weight excluding hydrogens is 250 g/mol. The quantitative estimate of drug-likeness (QED) is 0.853. The third kappa shape index (κ3) is 4.54. The van der Waals surface area contributed by atoms with Gasteiger partial charge in [0.25, 0.3) is 0 Å². The Balaban J connectivity index is 1.77. The lowest BCUT2D eigenvalue weighted by molar-refractivity contribution is 0.336. The molecule has 0 atom stereocenters. The molecule has 0 aliphatic heterocycles. The summed E-state index contributed by atoms with van der Waals surface area (Å²) < 4.78 is 0.357. The van der Waals surface area contributed by atoms with Crippen molar-refractivity contribution in [1.82, 2.24) is 5.32 Å². The summed E-state index contributed by atoms with van der Waals surface area (Å²) in [6, 6.07) is 11.7. The van der Waals surface area contributed by atoms with E-state index in [0.29, 0.717) is 4.75 Å². The minimum atomic E-state index is 0.357. The smallest absolute Gasteiger partial charge is 0.0225 e. The average Bonchev–Trinajstić information content (AvgIpc) is 2.47. The summed E-state index contributed by atoms with van der Waals surface area (Å²) in [5.74, 6) is 0.785. The van der Waals surface area contributed by atoms with Gasteiger partial charge in [0.05, 0.1) is 0 Å². The maximum atomic E-state index is 3.76. The van der Waals surface area contributed by atoms with Crippen LogP contribution in [0.15, 0.2) is 30.3 Å². The Kier molecular flexibility index (Phi) is 5.35. The van der Waals surface area contributed by atoms with Crippen molar-refractivity contribution in [2.24, 2.45) is 0 Å². The Morgan fingerprint density at radius 1 is 1.11 bits per heavy atom. The van der Waals surface area contributed by atoms with E-state index in [1.54, 1.807) is 0 Å². The first kappa shape index (κ1) is 14.9. The minimum Gasteiger partial charge on any atom is -0.313 e. The van der Waals surface area contributed by atoms with Crippen LogP contribution in [0.3, 0.4) is 0 Å². The second kappa shape index (κ2) is 6.81. The Bertz CT molecular complexity index is 366. The van der Waals surface area contributed by atoms with Crippen LogP contribution in [0.4, 0.5) is 0 Å². The molecule has 0 saturated heterocycles. The number of nitrogens with one attached hydrogen (secondary N) is 1. The highest BCUT2D eigenvalue weighted by Crippen LogP contribution is 2.33. The molecular formula is C17H27NS. The molecule has 1 nitrogen and oxygen atoms in total. The average molecular weight is 277 g/mol. The van der Waals surface area contributed by atoms with Gasteiger partial charge in [-0.3, -0.25) is 0 Å². The topological polar surface area (TPSA) is 12.0 Å². The van der Waals surface area contributed by atoms with E-state index >= 15 is 0 Å². The van der Waals surface area contributed by atoms with E-state index in [-0.39, 0.29) is 0 Å². The minimum absolute atomic E-state index is 0.357. The Hall–Kier alpha value is -0.470. The summed E-state index contributed by atoms with van der Waals surface area (Å²) in [5.41, 5.74) is 1.53. The molecule has 0 bridgehead atoms. The number of hydrogen-bond acceptors (Lipinski definition) is 2. The molecule has 1 saturated carbocycles. The highest BCUT2D eigenvalue weighted by atomic mass is 32.2. The highest BCUT2D eigenvalue weighted by Gasteiger charge is 2.24. The van der Waals surface area contributed by atoms with E-state index in [0.717, 1.165) is 18.5 Å². The van der Waals surface area contributed by atoms with Crippen LogP contribution < -0.4 is 5.32 Å². The maximum absolute atomic E-state index is 3.76. The molecule has 0 unspecified atom stereocenters. The maximum Gasteiger partial charge on any atom is 0.0225 e. The van der Waals surface area contributed by atoms with Crippen LogP contribution in [0.1, 0.15) is 51.0 Å².